The van der Waals surface area contributed by atoms with Crippen molar-refractivity contribution in [3.05, 3.63) is 84.2 Å². The van der Waals surface area contributed by atoms with Crippen LogP contribution in [0.3, 0.4) is 0 Å². The highest BCUT2D eigenvalue weighted by Crippen LogP contribution is 2.21. The molecule has 152 valence electrons. The number of aromatic nitrogens is 2. The van der Waals surface area contributed by atoms with Crippen LogP contribution >= 0.6 is 11.8 Å². The lowest BCUT2D eigenvalue weighted by Crippen LogP contribution is -2.14. The molecule has 29 heavy (non-hydrogen) atoms. The molecule has 0 bridgehead atoms. The molecule has 4 nitrogen and oxygen atoms in total. The normalized spacial score (nSPS) is 11.9. The fourth-order valence-electron chi connectivity index (χ4n) is 3.14. The molecular weight excluding hydrogens is 385 g/mol. The van der Waals surface area contributed by atoms with Gasteiger partial charge in [-0.2, -0.15) is 11.8 Å². The van der Waals surface area contributed by atoms with Crippen LogP contribution in [0, 0.1) is 5.82 Å². The number of nitrogens with zero attached hydrogens (tertiary/aromatic N) is 2. The number of carbonyl (C=O) groups is 1. The highest BCUT2D eigenvalue weighted by Gasteiger charge is 2.11. The Morgan fingerprint density at radius 1 is 1.10 bits per heavy atom. The molecule has 0 aliphatic rings. The van der Waals surface area contributed by atoms with Gasteiger partial charge in [-0.25, -0.2) is 9.37 Å². The number of hydrogen-bond acceptors (Lipinski definition) is 3. The topological polar surface area (TPSA) is 46.9 Å². The second-order valence-electron chi connectivity index (χ2n) is 7.05. The Hall–Kier alpha value is -2.60. The predicted octanol–water partition coefficient (Wildman–Crippen LogP) is 4.96. The summed E-state index contributed by atoms with van der Waals surface area (Å²) >= 11 is 1.96. The lowest BCUT2D eigenvalue weighted by Gasteiger charge is -2.17. The van der Waals surface area contributed by atoms with Gasteiger partial charge in [0.25, 0.3) is 0 Å². The van der Waals surface area contributed by atoms with Gasteiger partial charge in [-0.15, -0.1) is 0 Å². The molecule has 0 fully saturated rings. The number of imidazole rings is 1. The van der Waals surface area contributed by atoms with Crippen molar-refractivity contribution in [1.82, 2.24) is 9.55 Å². The number of halogens is 1. The molecule has 1 atom stereocenters. The highest BCUT2D eigenvalue weighted by atomic mass is 32.2. The molecule has 1 heterocycles. The summed E-state index contributed by atoms with van der Waals surface area (Å²) in [7, 11) is 0. The minimum Gasteiger partial charge on any atom is -0.336 e. The number of carbonyl (C=O) groups excluding carboxylic acids is 1. The summed E-state index contributed by atoms with van der Waals surface area (Å²) in [5.41, 5.74) is 3.24. The number of rotatable bonds is 10. The van der Waals surface area contributed by atoms with Gasteiger partial charge >= 0.3 is 0 Å². The van der Waals surface area contributed by atoms with Crippen LogP contribution in [0.25, 0.3) is 0 Å². The Balaban J connectivity index is 1.52. The fraction of sp³-hybridized carbons (Fsp3) is 0.304. The van der Waals surface area contributed by atoms with E-state index in [9.17, 15) is 9.18 Å². The molecule has 1 amide bonds. The second-order valence-corrected chi connectivity index (χ2v) is 8.45. The maximum atomic E-state index is 13.1. The van der Waals surface area contributed by atoms with Crippen molar-refractivity contribution in [2.75, 3.05) is 11.1 Å². The van der Waals surface area contributed by atoms with E-state index in [0.29, 0.717) is 5.25 Å². The maximum Gasteiger partial charge on any atom is 0.221 e. The van der Waals surface area contributed by atoms with Crippen molar-refractivity contribution in [2.24, 2.45) is 0 Å². The molecule has 1 unspecified atom stereocenters. The smallest absolute Gasteiger partial charge is 0.221 e. The van der Waals surface area contributed by atoms with Crippen LogP contribution in [0.1, 0.15) is 24.5 Å². The molecule has 3 rings (SSSR count). The summed E-state index contributed by atoms with van der Waals surface area (Å²) < 4.78 is 15.2. The molecule has 0 aliphatic carbocycles. The summed E-state index contributed by atoms with van der Waals surface area (Å²) in [6, 6.07) is 14.8. The van der Waals surface area contributed by atoms with Gasteiger partial charge in [0.15, 0.2) is 0 Å². The second kappa shape index (κ2) is 10.8. The third-order valence-electron chi connectivity index (χ3n) is 4.66. The summed E-state index contributed by atoms with van der Waals surface area (Å²) in [6.07, 6.45) is 8.58. The van der Waals surface area contributed by atoms with E-state index in [1.54, 1.807) is 6.20 Å². The standard InChI is InChI=1S/C23H26FN3OS/c1-18(28)26-22-9-4-20(5-10-22)12-15-29-23(16-27-14-13-25-17-27)11-6-19-2-7-21(24)8-3-19/h2-5,7-10,13-14,17,23H,6,11-12,15-16H2,1H3,(H,26,28). The van der Waals surface area contributed by atoms with Crippen LogP contribution in [0.4, 0.5) is 10.1 Å². The molecule has 0 aliphatic heterocycles. The van der Waals surface area contributed by atoms with Gasteiger partial charge < -0.3 is 9.88 Å². The first-order chi connectivity index (χ1) is 14.1. The molecular formula is C23H26FN3OS. The van der Waals surface area contributed by atoms with E-state index in [-0.39, 0.29) is 11.7 Å². The molecule has 2 aromatic carbocycles. The van der Waals surface area contributed by atoms with Gasteiger partial charge in [0.1, 0.15) is 5.82 Å². The molecule has 6 heteroatoms. The van der Waals surface area contributed by atoms with Crippen molar-refractivity contribution < 1.29 is 9.18 Å². The van der Waals surface area contributed by atoms with Crippen molar-refractivity contribution in [2.45, 2.75) is 38.0 Å². The lowest BCUT2D eigenvalue weighted by molar-refractivity contribution is -0.114. The van der Waals surface area contributed by atoms with Crippen molar-refractivity contribution >= 4 is 23.4 Å². The average molecular weight is 412 g/mol. The van der Waals surface area contributed by atoms with E-state index < -0.39 is 0 Å². The summed E-state index contributed by atoms with van der Waals surface area (Å²) in [5, 5.41) is 3.24. The molecule has 0 radical (unpaired) electrons. The number of nitrogens with one attached hydrogen (secondary N) is 1. The molecule has 0 saturated heterocycles. The van der Waals surface area contributed by atoms with E-state index in [2.05, 4.69) is 27.0 Å². The van der Waals surface area contributed by atoms with E-state index in [4.69, 9.17) is 0 Å². The Bertz CT molecular complexity index is 880. The molecule has 0 saturated carbocycles. The SMILES string of the molecule is CC(=O)Nc1ccc(CCSC(CCc2ccc(F)cc2)Cn2ccnc2)cc1. The van der Waals surface area contributed by atoms with Crippen LogP contribution < -0.4 is 5.32 Å². The Morgan fingerprint density at radius 3 is 2.45 bits per heavy atom. The minimum absolute atomic E-state index is 0.0585. The maximum absolute atomic E-state index is 13.1. The van der Waals surface area contributed by atoms with Gasteiger partial charge in [0.05, 0.1) is 6.33 Å². The molecule has 1 aromatic heterocycles. The van der Waals surface area contributed by atoms with E-state index in [0.717, 1.165) is 42.8 Å². The predicted molar refractivity (Wildman–Crippen MR) is 118 cm³/mol. The average Bonchev–Trinajstić information content (AvgIpc) is 3.21. The molecule has 3 aromatic rings. The van der Waals surface area contributed by atoms with Crippen molar-refractivity contribution in [1.29, 1.82) is 0 Å². The first kappa shape index (κ1) is 21.1. The summed E-state index contributed by atoms with van der Waals surface area (Å²) in [4.78, 5) is 15.3. The first-order valence-electron chi connectivity index (χ1n) is 9.77. The number of thioether (sulfide) groups is 1. The third-order valence-corrected chi connectivity index (χ3v) is 5.96. The van der Waals surface area contributed by atoms with Crippen molar-refractivity contribution in [3.63, 3.8) is 0 Å². The number of amides is 1. The number of hydrogen-bond donors (Lipinski definition) is 1. The zero-order valence-corrected chi connectivity index (χ0v) is 17.4. The van der Waals surface area contributed by atoms with Gasteiger partial charge in [-0.3, -0.25) is 4.79 Å². The monoisotopic (exact) mass is 411 g/mol. The van der Waals surface area contributed by atoms with Gasteiger partial charge in [-0.05, 0) is 60.4 Å². The van der Waals surface area contributed by atoms with E-state index in [1.165, 1.54) is 24.6 Å². The van der Waals surface area contributed by atoms with Crippen molar-refractivity contribution in [3.8, 4) is 0 Å². The molecule has 0 spiro atoms. The largest absolute Gasteiger partial charge is 0.336 e. The van der Waals surface area contributed by atoms with Gasteiger partial charge in [0.2, 0.25) is 5.91 Å². The number of benzene rings is 2. The van der Waals surface area contributed by atoms with Gasteiger partial charge in [-0.1, -0.05) is 24.3 Å². The van der Waals surface area contributed by atoms with Crippen LogP contribution in [0.2, 0.25) is 0 Å². The van der Waals surface area contributed by atoms with E-state index >= 15 is 0 Å². The van der Waals surface area contributed by atoms with Crippen LogP contribution in [0.5, 0.6) is 0 Å². The Morgan fingerprint density at radius 2 is 1.79 bits per heavy atom. The minimum atomic E-state index is -0.192. The van der Waals surface area contributed by atoms with Crippen LogP contribution in [0.15, 0.2) is 67.3 Å². The zero-order chi connectivity index (χ0) is 20.5. The van der Waals surface area contributed by atoms with Crippen LogP contribution in [-0.4, -0.2) is 26.5 Å². The van der Waals surface area contributed by atoms with Gasteiger partial charge in [0, 0.05) is 36.8 Å². The zero-order valence-electron chi connectivity index (χ0n) is 16.6. The summed E-state index contributed by atoms with van der Waals surface area (Å²) in [6.45, 7) is 2.42. The quantitative estimate of drug-likeness (QED) is 0.513. The Kier molecular flexibility index (Phi) is 7.87. The molecule has 1 N–H and O–H groups in total. The number of aryl methyl sites for hydroxylation is 2. The Labute approximate surface area is 175 Å². The van der Waals surface area contributed by atoms with Crippen LogP contribution in [-0.2, 0) is 24.2 Å². The summed E-state index contributed by atoms with van der Waals surface area (Å²) in [5.74, 6) is 0.766. The van der Waals surface area contributed by atoms with E-state index in [1.807, 2.05) is 48.6 Å². The third kappa shape index (κ3) is 7.38. The number of anilines is 1. The first-order valence-corrected chi connectivity index (χ1v) is 10.8. The fourth-order valence-corrected chi connectivity index (χ4v) is 4.39. The highest BCUT2D eigenvalue weighted by molar-refractivity contribution is 7.99. The lowest BCUT2D eigenvalue weighted by atomic mass is 10.1.